The van der Waals surface area contributed by atoms with Gasteiger partial charge in [-0.25, -0.2) is 8.78 Å². The third kappa shape index (κ3) is 2.93. The van der Waals surface area contributed by atoms with E-state index in [4.69, 9.17) is 0 Å². The Labute approximate surface area is 144 Å². The molecule has 0 amide bonds. The van der Waals surface area contributed by atoms with Crippen molar-refractivity contribution < 1.29 is 13.6 Å². The molecule has 7 heteroatoms. The number of aromatic nitrogens is 1. The Kier molecular flexibility index (Phi) is 4.60. The summed E-state index contributed by atoms with van der Waals surface area (Å²) in [6.07, 6.45) is 1.36. The van der Waals surface area contributed by atoms with Crippen LogP contribution in [0.3, 0.4) is 0 Å². The molecular formula is C18H21F2N3O2. The lowest BCUT2D eigenvalue weighted by molar-refractivity contribution is 0.101. The summed E-state index contributed by atoms with van der Waals surface area (Å²) >= 11 is 0. The number of ketones is 1. The first-order chi connectivity index (χ1) is 11.8. The molecule has 0 aliphatic carbocycles. The third-order valence-corrected chi connectivity index (χ3v) is 4.63. The number of fused-ring (bicyclic) bond motifs is 1. The number of hydrogen-bond acceptors (Lipinski definition) is 4. The first-order valence-electron chi connectivity index (χ1n) is 8.39. The molecule has 1 saturated heterocycles. The van der Waals surface area contributed by atoms with Crippen molar-refractivity contribution in [1.29, 1.82) is 0 Å². The van der Waals surface area contributed by atoms with Crippen LogP contribution in [0.1, 0.15) is 31.1 Å². The molecule has 3 rings (SSSR count). The van der Waals surface area contributed by atoms with E-state index in [2.05, 4.69) is 5.32 Å². The van der Waals surface area contributed by atoms with Crippen LogP contribution < -0.4 is 15.6 Å². The van der Waals surface area contributed by atoms with Gasteiger partial charge in [-0.2, -0.15) is 0 Å². The van der Waals surface area contributed by atoms with Crippen molar-refractivity contribution >= 4 is 22.4 Å². The number of benzene rings is 1. The fourth-order valence-corrected chi connectivity index (χ4v) is 3.40. The molecule has 1 fully saturated rings. The van der Waals surface area contributed by atoms with E-state index in [9.17, 15) is 14.0 Å². The average Bonchev–Trinajstić information content (AvgIpc) is 2.55. The van der Waals surface area contributed by atoms with Crippen LogP contribution in [-0.4, -0.2) is 36.0 Å². The van der Waals surface area contributed by atoms with Gasteiger partial charge in [-0.15, -0.1) is 0 Å². The molecule has 1 N–H and O–H groups in total. The second-order valence-corrected chi connectivity index (χ2v) is 6.43. The van der Waals surface area contributed by atoms with Crippen molar-refractivity contribution in [3.63, 3.8) is 0 Å². The summed E-state index contributed by atoms with van der Waals surface area (Å²) in [5.41, 5.74) is -0.764. The van der Waals surface area contributed by atoms with Crippen molar-refractivity contribution in [2.45, 2.75) is 33.4 Å². The van der Waals surface area contributed by atoms with Crippen molar-refractivity contribution in [3.8, 4) is 0 Å². The Morgan fingerprint density at radius 2 is 2.12 bits per heavy atom. The molecule has 1 aliphatic rings. The minimum Gasteiger partial charge on any atom is -0.364 e. The number of anilines is 1. The number of halogens is 2. The van der Waals surface area contributed by atoms with Crippen molar-refractivity contribution in [1.82, 2.24) is 9.88 Å². The number of Topliss-reactive ketones (excluding diaryl/α,β-unsaturated/α-hetero) is 1. The fraction of sp³-hybridized carbons (Fsp3) is 0.444. The zero-order chi connectivity index (χ0) is 18.3. The molecule has 1 aliphatic heterocycles. The lowest BCUT2D eigenvalue weighted by Gasteiger charge is -2.34. The van der Waals surface area contributed by atoms with Gasteiger partial charge in [0.25, 0.3) is 0 Å². The van der Waals surface area contributed by atoms with Gasteiger partial charge in [0.15, 0.2) is 17.0 Å². The van der Waals surface area contributed by atoms with E-state index in [0.717, 1.165) is 6.07 Å². The van der Waals surface area contributed by atoms with Crippen LogP contribution in [0.2, 0.25) is 0 Å². The minimum absolute atomic E-state index is 0.0417. The lowest BCUT2D eigenvalue weighted by atomic mass is 10.1. The van der Waals surface area contributed by atoms with Gasteiger partial charge in [0.05, 0.1) is 16.5 Å². The molecule has 1 unspecified atom stereocenters. The van der Waals surface area contributed by atoms with Gasteiger partial charge in [0.2, 0.25) is 0 Å². The number of nitrogens with zero attached hydrogens (tertiary/aromatic N) is 2. The Balaban J connectivity index is 2.31. The summed E-state index contributed by atoms with van der Waals surface area (Å²) in [6.45, 7) is 6.94. The molecule has 5 nitrogen and oxygen atoms in total. The SMILES string of the molecule is CCn1cc(C(C)=O)c(=O)c2cc(F)c(N3CCNC(C)C3)c(F)c21. The number of aryl methyl sites for hydroxylation is 1. The van der Waals surface area contributed by atoms with E-state index in [1.54, 1.807) is 11.8 Å². The summed E-state index contributed by atoms with van der Waals surface area (Å²) in [7, 11) is 0. The first-order valence-corrected chi connectivity index (χ1v) is 8.39. The molecule has 25 heavy (non-hydrogen) atoms. The van der Waals surface area contributed by atoms with Crippen LogP contribution in [-0.2, 0) is 6.54 Å². The molecular weight excluding hydrogens is 328 g/mol. The third-order valence-electron chi connectivity index (χ3n) is 4.63. The topological polar surface area (TPSA) is 54.3 Å². The molecule has 1 aromatic heterocycles. The van der Waals surface area contributed by atoms with Gasteiger partial charge in [0.1, 0.15) is 11.5 Å². The smallest absolute Gasteiger partial charge is 0.200 e. The van der Waals surface area contributed by atoms with Gasteiger partial charge in [-0.1, -0.05) is 0 Å². The highest BCUT2D eigenvalue weighted by Crippen LogP contribution is 2.30. The maximum atomic E-state index is 15.3. The molecule has 2 aromatic rings. The number of carbonyl (C=O) groups excluding carboxylic acids is 1. The Morgan fingerprint density at radius 1 is 1.40 bits per heavy atom. The van der Waals surface area contributed by atoms with Crippen LogP contribution in [0, 0.1) is 11.6 Å². The molecule has 134 valence electrons. The van der Waals surface area contributed by atoms with E-state index >= 15 is 4.39 Å². The molecule has 0 radical (unpaired) electrons. The molecule has 0 saturated carbocycles. The monoisotopic (exact) mass is 349 g/mol. The zero-order valence-corrected chi connectivity index (χ0v) is 14.5. The van der Waals surface area contributed by atoms with E-state index in [-0.39, 0.29) is 28.2 Å². The molecule has 1 atom stereocenters. The maximum absolute atomic E-state index is 15.3. The van der Waals surface area contributed by atoms with Crippen molar-refractivity contribution in [3.05, 3.63) is 39.7 Å². The maximum Gasteiger partial charge on any atom is 0.200 e. The number of carbonyl (C=O) groups is 1. The molecule has 1 aromatic carbocycles. The number of piperazine rings is 1. The van der Waals surface area contributed by atoms with Crippen LogP contribution in [0.25, 0.3) is 10.9 Å². The van der Waals surface area contributed by atoms with Crippen LogP contribution in [0.5, 0.6) is 0 Å². The summed E-state index contributed by atoms with van der Waals surface area (Å²) in [4.78, 5) is 25.8. The second kappa shape index (κ2) is 6.55. The van der Waals surface area contributed by atoms with Crippen LogP contribution in [0.4, 0.5) is 14.5 Å². The molecule has 0 spiro atoms. The van der Waals surface area contributed by atoms with Gasteiger partial charge in [-0.3, -0.25) is 9.59 Å². The largest absolute Gasteiger partial charge is 0.364 e. The van der Waals surface area contributed by atoms with Crippen molar-refractivity contribution in [2.24, 2.45) is 0 Å². The summed E-state index contributed by atoms with van der Waals surface area (Å²) in [5, 5.41) is 3.13. The normalized spacial score (nSPS) is 18.0. The standard InChI is InChI=1S/C18H21F2N3O2/c1-4-22-9-13(11(3)24)18(25)12-7-14(19)17(15(20)16(12)22)23-6-5-21-10(2)8-23/h7,9-10,21H,4-6,8H2,1-3H3. The second-order valence-electron chi connectivity index (χ2n) is 6.43. The molecule has 0 bridgehead atoms. The van der Waals surface area contributed by atoms with Crippen LogP contribution in [0.15, 0.2) is 17.1 Å². The van der Waals surface area contributed by atoms with E-state index in [1.165, 1.54) is 17.7 Å². The quantitative estimate of drug-likeness (QED) is 0.864. The van der Waals surface area contributed by atoms with Gasteiger partial charge in [0, 0.05) is 38.4 Å². The Hall–Kier alpha value is -2.28. The van der Waals surface area contributed by atoms with E-state index < -0.39 is 22.8 Å². The Morgan fingerprint density at radius 3 is 2.72 bits per heavy atom. The van der Waals surface area contributed by atoms with Gasteiger partial charge >= 0.3 is 0 Å². The first kappa shape index (κ1) is 17.5. The fourth-order valence-electron chi connectivity index (χ4n) is 3.40. The predicted octanol–water partition coefficient (Wildman–Crippen LogP) is 2.30. The summed E-state index contributed by atoms with van der Waals surface area (Å²) in [6, 6.07) is 1.16. The Bertz CT molecular complexity index is 908. The number of hydrogen-bond donors (Lipinski definition) is 1. The van der Waals surface area contributed by atoms with Crippen LogP contribution >= 0.6 is 0 Å². The summed E-state index contributed by atoms with van der Waals surface area (Å²) < 4.78 is 31.5. The number of rotatable bonds is 3. The van der Waals surface area contributed by atoms with E-state index in [0.29, 0.717) is 26.2 Å². The highest BCUT2D eigenvalue weighted by atomic mass is 19.1. The summed E-state index contributed by atoms with van der Waals surface area (Å²) in [5.74, 6) is -1.95. The highest BCUT2D eigenvalue weighted by molar-refractivity contribution is 5.97. The van der Waals surface area contributed by atoms with E-state index in [1.807, 2.05) is 6.92 Å². The molecule has 2 heterocycles. The average molecular weight is 349 g/mol. The lowest BCUT2D eigenvalue weighted by Crippen LogP contribution is -2.49. The van der Waals surface area contributed by atoms with Crippen molar-refractivity contribution in [2.75, 3.05) is 24.5 Å². The zero-order valence-electron chi connectivity index (χ0n) is 14.5. The van der Waals surface area contributed by atoms with Gasteiger partial charge < -0.3 is 14.8 Å². The number of pyridine rings is 1. The minimum atomic E-state index is -0.778. The predicted molar refractivity (Wildman–Crippen MR) is 93.5 cm³/mol. The number of nitrogens with one attached hydrogen (secondary N) is 1. The highest BCUT2D eigenvalue weighted by Gasteiger charge is 2.26. The van der Waals surface area contributed by atoms with Gasteiger partial charge in [-0.05, 0) is 26.8 Å².